The number of nitrogens with zero attached hydrogens (tertiary/aromatic N) is 3. The van der Waals surface area contributed by atoms with Gasteiger partial charge in [-0.05, 0) is 72.3 Å². The maximum atomic E-state index is 14.4. The van der Waals surface area contributed by atoms with Gasteiger partial charge in [0.1, 0.15) is 5.82 Å². The lowest BCUT2D eigenvalue weighted by molar-refractivity contribution is 0.168. The number of rotatable bonds is 5. The number of benzene rings is 2. The van der Waals surface area contributed by atoms with E-state index in [4.69, 9.17) is 11.6 Å². The molecule has 0 aliphatic carbocycles. The first-order chi connectivity index (χ1) is 15.1. The summed E-state index contributed by atoms with van der Waals surface area (Å²) in [6, 6.07) is 10.3. The Bertz CT molecular complexity index is 1300. The van der Waals surface area contributed by atoms with Gasteiger partial charge in [-0.3, -0.25) is 4.98 Å². The van der Waals surface area contributed by atoms with Crippen molar-refractivity contribution in [1.82, 2.24) is 15.0 Å². The van der Waals surface area contributed by atoms with Crippen LogP contribution >= 0.6 is 50.1 Å². The van der Waals surface area contributed by atoms with Crippen molar-refractivity contribution in [2.75, 3.05) is 5.32 Å². The molecule has 0 spiro atoms. The number of aromatic nitrogens is 3. The van der Waals surface area contributed by atoms with Crippen LogP contribution in [0.2, 0.25) is 5.02 Å². The minimum absolute atomic E-state index is 0.299. The van der Waals surface area contributed by atoms with Gasteiger partial charge in [0.2, 0.25) is 0 Å². The van der Waals surface area contributed by atoms with E-state index in [-0.39, 0.29) is 11.9 Å². The topological polar surface area (TPSA) is 70.9 Å². The molecule has 0 radical (unpaired) electrons. The lowest BCUT2D eigenvalue weighted by atomic mass is 10.0. The molecule has 2 heterocycles. The Hall–Kier alpha value is -1.88. The molecule has 1 unspecified atom stereocenters. The van der Waals surface area contributed by atoms with E-state index < -0.39 is 3.61 Å². The second-order valence-corrected chi connectivity index (χ2v) is 10.9. The zero-order valence-electron chi connectivity index (χ0n) is 17.1. The van der Waals surface area contributed by atoms with Crippen LogP contribution in [0.25, 0.3) is 22.0 Å². The summed E-state index contributed by atoms with van der Waals surface area (Å²) in [4.78, 5) is 13.0. The molecular weight excluding hydrogens is 610 g/mol. The lowest BCUT2D eigenvalue weighted by Gasteiger charge is -2.19. The van der Waals surface area contributed by atoms with Crippen LogP contribution in [-0.2, 0) is 3.61 Å². The van der Waals surface area contributed by atoms with Crippen molar-refractivity contribution < 1.29 is 9.50 Å². The average Bonchev–Trinajstić information content (AvgIpc) is 2.76. The van der Waals surface area contributed by atoms with E-state index >= 15 is 0 Å². The number of alkyl halides is 1. The van der Waals surface area contributed by atoms with Crippen LogP contribution in [0.3, 0.4) is 0 Å². The van der Waals surface area contributed by atoms with Gasteiger partial charge in [-0.15, -0.1) is 0 Å². The van der Waals surface area contributed by atoms with Crippen LogP contribution in [0, 0.1) is 5.82 Å². The molecule has 9 heteroatoms. The van der Waals surface area contributed by atoms with Gasteiger partial charge < -0.3 is 10.4 Å². The Morgan fingerprint density at radius 2 is 1.81 bits per heavy atom. The molecule has 0 saturated carbocycles. The molecule has 0 aliphatic rings. The predicted molar refractivity (Wildman–Crippen MR) is 138 cm³/mol. The quantitative estimate of drug-likeness (QED) is 0.184. The van der Waals surface area contributed by atoms with E-state index in [0.29, 0.717) is 22.1 Å². The Balaban J connectivity index is 1.75. The highest BCUT2D eigenvalue weighted by Gasteiger charge is 2.22. The van der Waals surface area contributed by atoms with Gasteiger partial charge in [0, 0.05) is 39.6 Å². The fourth-order valence-corrected chi connectivity index (χ4v) is 4.21. The third-order valence-electron chi connectivity index (χ3n) is 5.00. The lowest BCUT2D eigenvalue weighted by Crippen LogP contribution is -2.15. The van der Waals surface area contributed by atoms with E-state index in [0.717, 1.165) is 26.5 Å². The van der Waals surface area contributed by atoms with E-state index in [1.807, 2.05) is 47.7 Å². The van der Waals surface area contributed by atoms with Crippen LogP contribution in [0.15, 0.2) is 59.5 Å². The molecule has 0 bridgehead atoms. The molecule has 164 valence electrons. The van der Waals surface area contributed by atoms with Crippen molar-refractivity contribution >= 4 is 66.7 Å². The van der Waals surface area contributed by atoms with Gasteiger partial charge in [0.15, 0.2) is 9.43 Å². The minimum Gasteiger partial charge on any atom is -0.377 e. The van der Waals surface area contributed by atoms with E-state index in [9.17, 15) is 9.50 Å². The van der Waals surface area contributed by atoms with Crippen molar-refractivity contribution in [1.29, 1.82) is 0 Å². The molecule has 0 amide bonds. The summed E-state index contributed by atoms with van der Waals surface area (Å²) in [5.41, 5.74) is 3.58. The van der Waals surface area contributed by atoms with Crippen LogP contribution in [0.4, 0.5) is 10.1 Å². The number of pyridine rings is 1. The van der Waals surface area contributed by atoms with Crippen molar-refractivity contribution in [2.45, 2.75) is 23.5 Å². The van der Waals surface area contributed by atoms with Gasteiger partial charge in [-0.1, -0.05) is 33.6 Å². The monoisotopic (exact) mass is 626 g/mol. The molecule has 2 aromatic heterocycles. The summed E-state index contributed by atoms with van der Waals surface area (Å²) >= 11 is 11.8. The largest absolute Gasteiger partial charge is 0.377 e. The van der Waals surface area contributed by atoms with Crippen molar-refractivity contribution in [3.05, 3.63) is 81.7 Å². The SMILES string of the molecule is C[C@@H](Nc1c(Cl)cnc2ccc(-c3cnc(C(C)(O)I)nc3)cc12)c1cc(Br)ccc1F. The van der Waals surface area contributed by atoms with E-state index in [2.05, 4.69) is 36.2 Å². The first kappa shape index (κ1) is 23.3. The van der Waals surface area contributed by atoms with Crippen molar-refractivity contribution in [3.63, 3.8) is 0 Å². The molecule has 0 aliphatic heterocycles. The number of fused-ring (bicyclic) bond motifs is 1. The highest BCUT2D eigenvalue weighted by atomic mass is 127. The van der Waals surface area contributed by atoms with E-state index in [1.54, 1.807) is 37.6 Å². The Morgan fingerprint density at radius 1 is 1.09 bits per heavy atom. The number of aliphatic hydroxyl groups is 1. The molecule has 2 aromatic carbocycles. The second kappa shape index (κ2) is 9.17. The zero-order valence-corrected chi connectivity index (χ0v) is 21.6. The molecule has 0 saturated heterocycles. The average molecular weight is 628 g/mol. The number of hydrogen-bond donors (Lipinski definition) is 2. The maximum Gasteiger partial charge on any atom is 0.172 e. The Kier molecular flexibility index (Phi) is 6.67. The Labute approximate surface area is 211 Å². The molecule has 32 heavy (non-hydrogen) atoms. The molecular formula is C23H18BrClFIN4O. The van der Waals surface area contributed by atoms with Crippen LogP contribution in [-0.4, -0.2) is 20.1 Å². The number of halogens is 4. The fraction of sp³-hybridized carbons (Fsp3) is 0.174. The smallest absolute Gasteiger partial charge is 0.172 e. The number of nitrogens with one attached hydrogen (secondary N) is 1. The van der Waals surface area contributed by atoms with Crippen molar-refractivity contribution in [3.8, 4) is 11.1 Å². The molecule has 4 aromatic rings. The van der Waals surface area contributed by atoms with Gasteiger partial charge in [-0.2, -0.15) is 0 Å². The summed E-state index contributed by atoms with van der Waals surface area (Å²) in [6.45, 7) is 3.50. The minimum atomic E-state index is -1.15. The van der Waals surface area contributed by atoms with Gasteiger partial charge in [0.05, 0.1) is 22.3 Å². The predicted octanol–water partition coefficient (Wildman–Crippen LogP) is 7.02. The summed E-state index contributed by atoms with van der Waals surface area (Å²) in [5, 5.41) is 14.6. The van der Waals surface area contributed by atoms with Gasteiger partial charge in [0.25, 0.3) is 0 Å². The highest BCUT2D eigenvalue weighted by Crippen LogP contribution is 2.36. The van der Waals surface area contributed by atoms with E-state index in [1.165, 1.54) is 6.07 Å². The molecule has 5 nitrogen and oxygen atoms in total. The Morgan fingerprint density at radius 3 is 2.50 bits per heavy atom. The molecule has 4 rings (SSSR count). The second-order valence-electron chi connectivity index (χ2n) is 7.49. The number of anilines is 1. The van der Waals surface area contributed by atoms with Crippen LogP contribution in [0.5, 0.6) is 0 Å². The summed E-state index contributed by atoms with van der Waals surface area (Å²) < 4.78 is 14.0. The van der Waals surface area contributed by atoms with Crippen LogP contribution in [0.1, 0.15) is 31.3 Å². The standard InChI is InChI=1S/C23H18BrClFIN4O/c1-12(16-8-15(24)4-5-19(16)26)31-21-17-7-13(3-6-20(17)28-11-18(21)25)14-9-29-22(30-10-14)23(2,27)32/h3-12,32H,1-2H3,(H,28,31)/t12-,23?/m1/s1. The third-order valence-corrected chi connectivity index (χ3v) is 6.26. The first-order valence-electron chi connectivity index (χ1n) is 9.67. The maximum absolute atomic E-state index is 14.4. The fourth-order valence-electron chi connectivity index (χ4n) is 3.35. The van der Waals surface area contributed by atoms with Gasteiger partial charge in [-0.25, -0.2) is 14.4 Å². The first-order valence-corrected chi connectivity index (χ1v) is 11.9. The van der Waals surface area contributed by atoms with Crippen LogP contribution < -0.4 is 5.32 Å². The third kappa shape index (κ3) is 4.88. The summed E-state index contributed by atoms with van der Waals surface area (Å²) in [5.74, 6) is 0.0336. The molecule has 2 N–H and O–H groups in total. The normalized spacial score (nSPS) is 14.2. The van der Waals surface area contributed by atoms with Gasteiger partial charge >= 0.3 is 0 Å². The summed E-state index contributed by atoms with van der Waals surface area (Å²) in [7, 11) is 0. The summed E-state index contributed by atoms with van der Waals surface area (Å²) in [6.07, 6.45) is 4.92. The highest BCUT2D eigenvalue weighted by molar-refractivity contribution is 14.1. The number of hydrogen-bond acceptors (Lipinski definition) is 5. The zero-order chi connectivity index (χ0) is 23.0. The van der Waals surface area contributed by atoms with Crippen molar-refractivity contribution in [2.24, 2.45) is 0 Å². The molecule has 0 fully saturated rings. The molecule has 2 atom stereocenters.